The van der Waals surface area contributed by atoms with Gasteiger partial charge in [-0.05, 0) is 24.1 Å². The molecule has 0 spiro atoms. The summed E-state index contributed by atoms with van der Waals surface area (Å²) < 4.78 is 0. The Morgan fingerprint density at radius 1 is 1.62 bits per heavy atom. The highest BCUT2D eigenvalue weighted by molar-refractivity contribution is 7.79. The van der Waals surface area contributed by atoms with Crippen molar-refractivity contribution in [1.29, 1.82) is 5.26 Å². The molecule has 1 aliphatic rings. The summed E-state index contributed by atoms with van der Waals surface area (Å²) in [5.74, 6) is 0.869. The summed E-state index contributed by atoms with van der Waals surface area (Å²) in [7, 11) is 0. The van der Waals surface area contributed by atoms with Crippen LogP contribution >= 0.6 is 12.2 Å². The van der Waals surface area contributed by atoms with Crippen molar-refractivity contribution in [1.82, 2.24) is 0 Å². The van der Waals surface area contributed by atoms with Gasteiger partial charge in [-0.15, -0.1) is 0 Å². The van der Waals surface area contributed by atoms with Crippen molar-refractivity contribution in [2.24, 2.45) is 11.8 Å². The molecule has 1 rings (SSSR count). The Hall–Kier alpha value is -0.420. The number of nitrogens with zero attached hydrogens (tertiary/aromatic N) is 1. The molecule has 0 saturated heterocycles. The molecule has 0 aromatic carbocycles. The second-order valence-corrected chi connectivity index (χ2v) is 2.47. The highest BCUT2D eigenvalue weighted by atomic mass is 32.1. The lowest BCUT2D eigenvalue weighted by Crippen LogP contribution is -2.22. The second-order valence-electron chi connectivity index (χ2n) is 2.19. The third-order valence-corrected chi connectivity index (χ3v) is 1.93. The van der Waals surface area contributed by atoms with Crippen LogP contribution in [0.2, 0.25) is 0 Å². The molecular weight excluding hydrogens is 118 g/mol. The monoisotopic (exact) mass is 125 g/mol. The molecule has 1 nitrogen and oxygen atoms in total. The fourth-order valence-electron chi connectivity index (χ4n) is 0.878. The average Bonchev–Trinajstić information content (AvgIpc) is 1.65. The minimum Gasteiger partial charge on any atom is -0.198 e. The van der Waals surface area contributed by atoms with E-state index in [1.165, 1.54) is 0 Å². The van der Waals surface area contributed by atoms with Gasteiger partial charge in [-0.3, -0.25) is 0 Å². The molecule has 0 bridgehead atoms. The highest BCUT2D eigenvalue weighted by Gasteiger charge is 2.26. The Labute approximate surface area is 54.3 Å². The Morgan fingerprint density at radius 2 is 2.25 bits per heavy atom. The zero-order chi connectivity index (χ0) is 5.98. The Kier molecular flexibility index (Phi) is 1.59. The molecule has 1 aliphatic carbocycles. The van der Waals surface area contributed by atoms with Crippen molar-refractivity contribution in [3.05, 3.63) is 0 Å². The van der Waals surface area contributed by atoms with Crippen molar-refractivity contribution in [3.63, 3.8) is 0 Å². The van der Waals surface area contributed by atoms with Gasteiger partial charge in [-0.1, -0.05) is 12.2 Å². The van der Waals surface area contributed by atoms with E-state index in [4.69, 9.17) is 17.5 Å². The lowest BCUT2D eigenvalue weighted by molar-refractivity contribution is 0.332. The highest BCUT2D eigenvalue weighted by Crippen LogP contribution is 2.31. The van der Waals surface area contributed by atoms with Crippen LogP contribution in [0, 0.1) is 23.2 Å². The van der Waals surface area contributed by atoms with Gasteiger partial charge in [0.2, 0.25) is 0 Å². The SMILES string of the molecule is N#C[C@H]1C[C@H](C=S)C1. The number of rotatable bonds is 1. The topological polar surface area (TPSA) is 23.8 Å². The van der Waals surface area contributed by atoms with Gasteiger partial charge in [-0.2, -0.15) is 5.26 Å². The largest absolute Gasteiger partial charge is 0.198 e. The maximum atomic E-state index is 8.30. The van der Waals surface area contributed by atoms with Gasteiger partial charge in [0.1, 0.15) is 0 Å². The van der Waals surface area contributed by atoms with E-state index in [0.717, 1.165) is 12.8 Å². The summed E-state index contributed by atoms with van der Waals surface area (Å²) in [5.41, 5.74) is 0. The molecule has 8 heavy (non-hydrogen) atoms. The maximum absolute atomic E-state index is 8.30. The van der Waals surface area contributed by atoms with Gasteiger partial charge in [0.05, 0.1) is 6.07 Å². The summed E-state index contributed by atoms with van der Waals surface area (Å²) in [5, 5.41) is 10.1. The van der Waals surface area contributed by atoms with E-state index in [1.807, 2.05) is 0 Å². The Morgan fingerprint density at radius 3 is 2.62 bits per heavy atom. The first-order valence-corrected chi connectivity index (χ1v) is 3.19. The molecule has 0 N–H and O–H groups in total. The van der Waals surface area contributed by atoms with Crippen LogP contribution in [-0.2, 0) is 0 Å². The molecule has 0 amide bonds. The smallest absolute Gasteiger partial charge is 0.0656 e. The number of hydrogen-bond donors (Lipinski definition) is 0. The van der Waals surface area contributed by atoms with Crippen LogP contribution < -0.4 is 0 Å². The van der Waals surface area contributed by atoms with Crippen molar-refractivity contribution in [3.8, 4) is 6.07 Å². The summed E-state index contributed by atoms with van der Waals surface area (Å²) >= 11 is 4.69. The first kappa shape index (κ1) is 5.71. The molecule has 0 radical (unpaired) electrons. The summed E-state index contributed by atoms with van der Waals surface area (Å²) in [4.78, 5) is 0. The van der Waals surface area contributed by atoms with Crippen LogP contribution in [0.1, 0.15) is 12.8 Å². The standard InChI is InChI=1S/C6H7NS/c7-3-5-1-6(2-5)4-8/h4-6H,1-2H2/t5-,6-. The minimum absolute atomic E-state index is 0.305. The molecule has 0 atom stereocenters. The van der Waals surface area contributed by atoms with E-state index in [0.29, 0.717) is 11.8 Å². The normalized spacial score (nSPS) is 34.9. The molecule has 0 heterocycles. The number of nitriles is 1. The van der Waals surface area contributed by atoms with Crippen LogP contribution in [0.5, 0.6) is 0 Å². The van der Waals surface area contributed by atoms with Crippen LogP contribution in [0.25, 0.3) is 0 Å². The molecule has 0 aromatic heterocycles. The fourth-order valence-corrected chi connectivity index (χ4v) is 1.10. The van der Waals surface area contributed by atoms with Crippen LogP contribution in [0.15, 0.2) is 0 Å². The van der Waals surface area contributed by atoms with Gasteiger partial charge < -0.3 is 0 Å². The molecule has 0 aromatic rings. The molecule has 2 heteroatoms. The fraction of sp³-hybridized carbons (Fsp3) is 0.667. The molecule has 42 valence electrons. The second kappa shape index (κ2) is 2.23. The van der Waals surface area contributed by atoms with Gasteiger partial charge >= 0.3 is 0 Å². The van der Waals surface area contributed by atoms with E-state index in [9.17, 15) is 0 Å². The van der Waals surface area contributed by atoms with Crippen molar-refractivity contribution in [2.45, 2.75) is 12.8 Å². The quantitative estimate of drug-likeness (QED) is 0.496. The molecule has 0 unspecified atom stereocenters. The van der Waals surface area contributed by atoms with E-state index >= 15 is 0 Å². The van der Waals surface area contributed by atoms with Crippen LogP contribution in [0.4, 0.5) is 0 Å². The van der Waals surface area contributed by atoms with Crippen molar-refractivity contribution >= 4 is 17.6 Å². The van der Waals surface area contributed by atoms with Gasteiger partial charge in [0.25, 0.3) is 0 Å². The third kappa shape index (κ3) is 0.873. The van der Waals surface area contributed by atoms with E-state index in [1.54, 1.807) is 5.37 Å². The van der Waals surface area contributed by atoms with Gasteiger partial charge in [0, 0.05) is 5.92 Å². The summed E-state index contributed by atoms with van der Waals surface area (Å²) in [6.07, 6.45) is 2.00. The number of hydrogen-bond acceptors (Lipinski definition) is 2. The maximum Gasteiger partial charge on any atom is 0.0656 e. The van der Waals surface area contributed by atoms with Crippen molar-refractivity contribution in [2.75, 3.05) is 0 Å². The van der Waals surface area contributed by atoms with Crippen LogP contribution in [0.3, 0.4) is 0 Å². The average molecular weight is 125 g/mol. The molecule has 1 saturated carbocycles. The lowest BCUT2D eigenvalue weighted by atomic mass is 9.77. The predicted molar refractivity (Wildman–Crippen MR) is 35.5 cm³/mol. The van der Waals surface area contributed by atoms with E-state index < -0.39 is 0 Å². The first-order chi connectivity index (χ1) is 3.86. The lowest BCUT2D eigenvalue weighted by Gasteiger charge is -2.26. The minimum atomic E-state index is 0.305. The van der Waals surface area contributed by atoms with Crippen molar-refractivity contribution < 1.29 is 0 Å². The Balaban J connectivity index is 2.23. The number of thiocarbonyl (C=S) groups is 1. The third-order valence-electron chi connectivity index (χ3n) is 1.55. The zero-order valence-electron chi connectivity index (χ0n) is 4.50. The van der Waals surface area contributed by atoms with Gasteiger partial charge in [-0.25, -0.2) is 0 Å². The predicted octanol–water partition coefficient (Wildman–Crippen LogP) is 1.54. The molecular formula is C6H7NS. The zero-order valence-corrected chi connectivity index (χ0v) is 5.32. The molecule has 0 aliphatic heterocycles. The molecule has 1 fully saturated rings. The summed E-state index contributed by atoms with van der Waals surface area (Å²) in [6, 6.07) is 2.20. The van der Waals surface area contributed by atoms with E-state index in [2.05, 4.69) is 6.07 Å². The van der Waals surface area contributed by atoms with Crippen LogP contribution in [-0.4, -0.2) is 5.37 Å². The summed E-state index contributed by atoms with van der Waals surface area (Å²) in [6.45, 7) is 0. The Bertz CT molecular complexity index is 130. The first-order valence-electron chi connectivity index (χ1n) is 2.71. The van der Waals surface area contributed by atoms with Gasteiger partial charge in [0.15, 0.2) is 0 Å². The van der Waals surface area contributed by atoms with E-state index in [-0.39, 0.29) is 0 Å².